The topological polar surface area (TPSA) is 46.1 Å². The average molecular weight is 274 g/mol. The maximum atomic E-state index is 11.7. The minimum Gasteiger partial charge on any atom is -0.294 e. The number of nitrogens with zero attached hydrogens (tertiary/aromatic N) is 3. The number of halogens is 1. The average Bonchev–Trinajstić information content (AvgIpc) is 2.79. The quantitative estimate of drug-likeness (QED) is 0.790. The van der Waals surface area contributed by atoms with Gasteiger partial charge in [-0.05, 0) is 0 Å². The van der Waals surface area contributed by atoms with Crippen molar-refractivity contribution in [2.24, 2.45) is 0 Å². The summed E-state index contributed by atoms with van der Waals surface area (Å²) in [5, 5.41) is -0.136. The summed E-state index contributed by atoms with van der Waals surface area (Å²) in [5.41, 5.74) is 1.79. The molecule has 1 atom stereocenters. The van der Waals surface area contributed by atoms with Crippen molar-refractivity contribution in [2.45, 2.75) is 11.8 Å². The highest BCUT2D eigenvalue weighted by atomic mass is 35.5. The molecule has 4 nitrogen and oxygen atoms in total. The van der Waals surface area contributed by atoms with E-state index in [-0.39, 0.29) is 11.3 Å². The van der Waals surface area contributed by atoms with Crippen molar-refractivity contribution >= 4 is 23.3 Å². The molecule has 1 fully saturated rings. The van der Waals surface area contributed by atoms with Gasteiger partial charge in [0.2, 0.25) is 5.91 Å². The van der Waals surface area contributed by atoms with Crippen molar-refractivity contribution in [3.05, 3.63) is 42.7 Å². The summed E-state index contributed by atoms with van der Waals surface area (Å²) in [4.78, 5) is 22.0. The molecule has 19 heavy (non-hydrogen) atoms. The lowest BCUT2D eigenvalue weighted by molar-refractivity contribution is -0.117. The second-order valence-corrected chi connectivity index (χ2v) is 5.05. The van der Waals surface area contributed by atoms with E-state index >= 15 is 0 Å². The number of amides is 1. The third kappa shape index (κ3) is 2.44. The number of carbonyl (C=O) groups is 1. The molecule has 0 aliphatic carbocycles. The summed E-state index contributed by atoms with van der Waals surface area (Å²) >= 11 is 5.97. The number of rotatable bonds is 2. The predicted molar refractivity (Wildman–Crippen MR) is 74.1 cm³/mol. The third-order valence-electron chi connectivity index (χ3n) is 3.06. The van der Waals surface area contributed by atoms with E-state index in [4.69, 9.17) is 11.6 Å². The second kappa shape index (κ2) is 4.97. The Hall–Kier alpha value is -1.94. The van der Waals surface area contributed by atoms with Gasteiger partial charge in [0.05, 0.1) is 23.5 Å². The van der Waals surface area contributed by atoms with Gasteiger partial charge in [0.25, 0.3) is 0 Å². The van der Waals surface area contributed by atoms with Gasteiger partial charge in [-0.2, -0.15) is 0 Å². The Kier molecular flexibility index (Phi) is 3.17. The third-order valence-corrected chi connectivity index (χ3v) is 3.35. The van der Waals surface area contributed by atoms with Gasteiger partial charge in [-0.3, -0.25) is 14.7 Å². The fourth-order valence-electron chi connectivity index (χ4n) is 2.10. The zero-order valence-electron chi connectivity index (χ0n) is 10.2. The van der Waals surface area contributed by atoms with Crippen molar-refractivity contribution in [1.82, 2.24) is 9.97 Å². The highest BCUT2D eigenvalue weighted by Crippen LogP contribution is 2.23. The molecule has 0 radical (unpaired) electrons. The van der Waals surface area contributed by atoms with E-state index in [0.29, 0.717) is 18.8 Å². The van der Waals surface area contributed by atoms with Crippen molar-refractivity contribution in [3.8, 4) is 11.3 Å². The molecule has 1 amide bonds. The number of carbonyl (C=O) groups excluding carboxylic acids is 1. The van der Waals surface area contributed by atoms with Crippen LogP contribution in [-0.2, 0) is 4.79 Å². The number of alkyl halides is 1. The molecule has 1 aliphatic rings. The molecule has 5 heteroatoms. The van der Waals surface area contributed by atoms with Crippen LogP contribution in [0.3, 0.4) is 0 Å². The molecule has 96 valence electrons. The van der Waals surface area contributed by atoms with Crippen LogP contribution in [0.15, 0.2) is 42.7 Å². The highest BCUT2D eigenvalue weighted by Gasteiger charge is 2.30. The highest BCUT2D eigenvalue weighted by molar-refractivity contribution is 6.24. The van der Waals surface area contributed by atoms with Crippen molar-refractivity contribution in [1.29, 1.82) is 0 Å². The van der Waals surface area contributed by atoms with Gasteiger partial charge in [0.1, 0.15) is 0 Å². The molecule has 1 aliphatic heterocycles. The fourth-order valence-corrected chi connectivity index (χ4v) is 2.37. The first-order valence-electron chi connectivity index (χ1n) is 6.06. The first-order chi connectivity index (χ1) is 9.24. The number of anilines is 1. The minimum atomic E-state index is -0.136. The Morgan fingerprint density at radius 3 is 2.53 bits per heavy atom. The Balaban J connectivity index is 1.86. The molecule has 0 saturated carbocycles. The minimum absolute atomic E-state index is 0.00163. The van der Waals surface area contributed by atoms with Crippen LogP contribution < -0.4 is 4.90 Å². The monoisotopic (exact) mass is 273 g/mol. The zero-order valence-corrected chi connectivity index (χ0v) is 10.9. The smallest absolute Gasteiger partial charge is 0.229 e. The first-order valence-corrected chi connectivity index (χ1v) is 6.49. The number of aromatic nitrogens is 2. The molecule has 1 aromatic carbocycles. The van der Waals surface area contributed by atoms with Crippen LogP contribution in [0.2, 0.25) is 0 Å². The van der Waals surface area contributed by atoms with Gasteiger partial charge in [-0.15, -0.1) is 11.6 Å². The lowest BCUT2D eigenvalue weighted by atomic mass is 10.2. The molecule has 2 heterocycles. The largest absolute Gasteiger partial charge is 0.294 e. The molecule has 3 rings (SSSR count). The SMILES string of the molecule is O=C1CC(Cl)CN1c1cnc(-c2ccccc2)cn1. The van der Waals surface area contributed by atoms with Crippen molar-refractivity contribution < 1.29 is 4.79 Å². The van der Waals surface area contributed by atoms with Crippen molar-refractivity contribution in [3.63, 3.8) is 0 Å². The Labute approximate surface area is 116 Å². The van der Waals surface area contributed by atoms with Crippen molar-refractivity contribution in [2.75, 3.05) is 11.4 Å². The van der Waals surface area contributed by atoms with Crippen LogP contribution in [0, 0.1) is 0 Å². The Morgan fingerprint density at radius 1 is 1.16 bits per heavy atom. The van der Waals surface area contributed by atoms with Crippen LogP contribution in [-0.4, -0.2) is 27.8 Å². The maximum Gasteiger partial charge on any atom is 0.229 e. The van der Waals surface area contributed by atoms with Crippen LogP contribution in [0.25, 0.3) is 11.3 Å². The Bertz CT molecular complexity index is 585. The molecular weight excluding hydrogens is 262 g/mol. The molecule has 1 unspecified atom stereocenters. The lowest BCUT2D eigenvalue weighted by Gasteiger charge is -2.14. The molecule has 1 saturated heterocycles. The van der Waals surface area contributed by atoms with Gasteiger partial charge in [-0.1, -0.05) is 30.3 Å². The van der Waals surface area contributed by atoms with Crippen LogP contribution in [0.1, 0.15) is 6.42 Å². The van der Waals surface area contributed by atoms with E-state index in [9.17, 15) is 4.79 Å². The van der Waals surface area contributed by atoms with Gasteiger partial charge < -0.3 is 0 Å². The summed E-state index contributed by atoms with van der Waals surface area (Å²) < 4.78 is 0. The second-order valence-electron chi connectivity index (χ2n) is 4.43. The summed E-state index contributed by atoms with van der Waals surface area (Å²) in [6, 6.07) is 9.80. The lowest BCUT2D eigenvalue weighted by Crippen LogP contribution is -2.25. The van der Waals surface area contributed by atoms with Gasteiger partial charge in [-0.25, -0.2) is 4.98 Å². The fraction of sp³-hybridized carbons (Fsp3) is 0.214. The van der Waals surface area contributed by atoms with E-state index < -0.39 is 0 Å². The van der Waals surface area contributed by atoms with E-state index in [2.05, 4.69) is 9.97 Å². The standard InChI is InChI=1S/C14H12ClN3O/c15-11-6-14(19)18(9-11)13-8-16-12(7-17-13)10-4-2-1-3-5-10/h1-5,7-8,11H,6,9H2. The molecule has 2 aromatic rings. The summed E-state index contributed by atoms with van der Waals surface area (Å²) in [7, 11) is 0. The van der Waals surface area contributed by atoms with Crippen LogP contribution >= 0.6 is 11.6 Å². The molecular formula is C14H12ClN3O. The van der Waals surface area contributed by atoms with Gasteiger partial charge in [0, 0.05) is 18.5 Å². The van der Waals surface area contributed by atoms with Gasteiger partial charge in [0.15, 0.2) is 5.82 Å². The summed E-state index contributed by atoms with van der Waals surface area (Å²) in [6.45, 7) is 0.500. The molecule has 1 aromatic heterocycles. The number of benzene rings is 1. The van der Waals surface area contributed by atoms with E-state index in [1.165, 1.54) is 0 Å². The predicted octanol–water partition coefficient (Wildman–Crippen LogP) is 2.49. The Morgan fingerprint density at radius 2 is 1.95 bits per heavy atom. The van der Waals surface area contributed by atoms with E-state index in [1.807, 2.05) is 30.3 Å². The number of hydrogen-bond donors (Lipinski definition) is 0. The van der Waals surface area contributed by atoms with E-state index in [1.54, 1.807) is 17.3 Å². The normalized spacial score (nSPS) is 18.9. The van der Waals surface area contributed by atoms with Crippen LogP contribution in [0.4, 0.5) is 5.82 Å². The zero-order chi connectivity index (χ0) is 13.2. The molecule has 0 bridgehead atoms. The van der Waals surface area contributed by atoms with Gasteiger partial charge >= 0.3 is 0 Å². The molecule has 0 spiro atoms. The maximum absolute atomic E-state index is 11.7. The van der Waals surface area contributed by atoms with E-state index in [0.717, 1.165) is 11.3 Å². The first kappa shape index (κ1) is 12.1. The van der Waals surface area contributed by atoms with Crippen LogP contribution in [0.5, 0.6) is 0 Å². The number of hydrogen-bond acceptors (Lipinski definition) is 3. The molecule has 0 N–H and O–H groups in total. The summed E-state index contributed by atoms with van der Waals surface area (Å²) in [5.74, 6) is 0.564. The summed E-state index contributed by atoms with van der Waals surface area (Å²) in [6.07, 6.45) is 3.67.